The van der Waals surface area contributed by atoms with Gasteiger partial charge in [0.2, 0.25) is 16.9 Å². The van der Waals surface area contributed by atoms with Crippen LogP contribution in [0.1, 0.15) is 26.7 Å². The van der Waals surface area contributed by atoms with Gasteiger partial charge in [0.15, 0.2) is 0 Å². The lowest BCUT2D eigenvalue weighted by atomic mass is 10.1. The maximum absolute atomic E-state index is 5.26. The Balaban J connectivity index is 1.70. The molecule has 3 aromatic heterocycles. The first-order chi connectivity index (χ1) is 10.0. The molecule has 110 valence electrons. The summed E-state index contributed by atoms with van der Waals surface area (Å²) in [5, 5.41) is 18.5. The van der Waals surface area contributed by atoms with E-state index in [9.17, 15) is 0 Å². The third-order valence-electron chi connectivity index (χ3n) is 2.61. The lowest BCUT2D eigenvalue weighted by Crippen LogP contribution is -2.24. The van der Waals surface area contributed by atoms with Crippen molar-refractivity contribution in [3.8, 4) is 10.7 Å². The van der Waals surface area contributed by atoms with Crippen molar-refractivity contribution in [2.75, 3.05) is 0 Å². The van der Waals surface area contributed by atoms with Gasteiger partial charge in [0, 0.05) is 0 Å². The molecule has 0 aliphatic rings. The monoisotopic (exact) mass is 322 g/mol. The molecular formula is C12H14N6OS2. The Morgan fingerprint density at radius 2 is 2.24 bits per heavy atom. The Kier molecular flexibility index (Phi) is 3.77. The molecular weight excluding hydrogens is 308 g/mol. The highest BCUT2D eigenvalue weighted by molar-refractivity contribution is 7.98. The van der Waals surface area contributed by atoms with Crippen molar-refractivity contribution in [2.45, 2.75) is 37.2 Å². The van der Waals surface area contributed by atoms with Crippen LogP contribution in [0, 0.1) is 0 Å². The molecule has 0 amide bonds. The van der Waals surface area contributed by atoms with E-state index in [-0.39, 0.29) is 5.54 Å². The fourth-order valence-corrected chi connectivity index (χ4v) is 3.18. The van der Waals surface area contributed by atoms with E-state index < -0.39 is 0 Å². The minimum absolute atomic E-state index is 0.164. The standard InChI is InChI=1S/C12H14N6OS2/c1-12(2,3)18-11(14-16-17-18)21-7-9-13-10(15-19-9)8-5-4-6-20-8/h4-6H,7H2,1-3H3. The van der Waals surface area contributed by atoms with Gasteiger partial charge in [-0.15, -0.1) is 16.4 Å². The number of nitrogens with zero attached hydrogens (tertiary/aromatic N) is 6. The molecule has 0 aromatic carbocycles. The number of thiophene rings is 1. The SMILES string of the molecule is CC(C)(C)n1nnnc1SCc1nc(-c2cccs2)no1. The molecule has 0 unspecified atom stereocenters. The molecule has 9 heteroatoms. The Bertz CT molecular complexity index is 712. The number of hydrogen-bond donors (Lipinski definition) is 0. The second kappa shape index (κ2) is 5.57. The van der Waals surface area contributed by atoms with Gasteiger partial charge >= 0.3 is 0 Å². The van der Waals surface area contributed by atoms with Crippen molar-refractivity contribution in [1.82, 2.24) is 30.3 Å². The first-order valence-corrected chi connectivity index (χ1v) is 8.19. The van der Waals surface area contributed by atoms with Crippen LogP contribution >= 0.6 is 23.1 Å². The van der Waals surface area contributed by atoms with Gasteiger partial charge in [0.05, 0.1) is 16.2 Å². The fraction of sp³-hybridized carbons (Fsp3) is 0.417. The zero-order valence-corrected chi connectivity index (χ0v) is 13.5. The van der Waals surface area contributed by atoms with Crippen LogP contribution in [-0.2, 0) is 11.3 Å². The van der Waals surface area contributed by atoms with E-state index in [1.165, 1.54) is 11.8 Å². The zero-order chi connectivity index (χ0) is 14.9. The average molecular weight is 322 g/mol. The van der Waals surface area contributed by atoms with Crippen molar-refractivity contribution in [1.29, 1.82) is 0 Å². The summed E-state index contributed by atoms with van der Waals surface area (Å²) >= 11 is 3.06. The lowest BCUT2D eigenvalue weighted by molar-refractivity contribution is 0.321. The van der Waals surface area contributed by atoms with Crippen molar-refractivity contribution in [3.63, 3.8) is 0 Å². The number of tetrazole rings is 1. The lowest BCUT2D eigenvalue weighted by Gasteiger charge is -2.19. The first kappa shape index (κ1) is 14.2. The summed E-state index contributed by atoms with van der Waals surface area (Å²) in [5.41, 5.74) is -0.164. The van der Waals surface area contributed by atoms with Crippen LogP contribution in [-0.4, -0.2) is 30.3 Å². The molecule has 7 nitrogen and oxygen atoms in total. The summed E-state index contributed by atoms with van der Waals surface area (Å²) in [7, 11) is 0. The van der Waals surface area contributed by atoms with Crippen LogP contribution in [0.3, 0.4) is 0 Å². The molecule has 0 fully saturated rings. The van der Waals surface area contributed by atoms with Crippen LogP contribution in [0.5, 0.6) is 0 Å². The largest absolute Gasteiger partial charge is 0.338 e. The second-order valence-electron chi connectivity index (χ2n) is 5.32. The highest BCUT2D eigenvalue weighted by atomic mass is 32.2. The van der Waals surface area contributed by atoms with Crippen molar-refractivity contribution in [2.24, 2.45) is 0 Å². The molecule has 3 rings (SSSR count). The van der Waals surface area contributed by atoms with E-state index in [4.69, 9.17) is 4.52 Å². The van der Waals surface area contributed by atoms with Crippen LogP contribution in [0.4, 0.5) is 0 Å². The number of rotatable bonds is 4. The van der Waals surface area contributed by atoms with Crippen LogP contribution in [0.2, 0.25) is 0 Å². The van der Waals surface area contributed by atoms with Gasteiger partial charge in [0.25, 0.3) is 0 Å². The van der Waals surface area contributed by atoms with E-state index >= 15 is 0 Å². The topological polar surface area (TPSA) is 82.5 Å². The molecule has 0 N–H and O–H groups in total. The summed E-state index contributed by atoms with van der Waals surface area (Å²) < 4.78 is 7.05. The molecule has 3 aromatic rings. The van der Waals surface area contributed by atoms with Gasteiger partial charge in [0.1, 0.15) is 0 Å². The average Bonchev–Trinajstić information content (AvgIpc) is 3.16. The van der Waals surface area contributed by atoms with E-state index in [1.807, 2.05) is 17.5 Å². The third kappa shape index (κ3) is 3.13. The first-order valence-electron chi connectivity index (χ1n) is 6.32. The van der Waals surface area contributed by atoms with Gasteiger partial charge < -0.3 is 4.52 Å². The quantitative estimate of drug-likeness (QED) is 0.683. The fourth-order valence-electron chi connectivity index (χ4n) is 1.64. The van der Waals surface area contributed by atoms with Gasteiger partial charge in [-0.25, -0.2) is 4.68 Å². The molecule has 3 heterocycles. The molecule has 0 aliphatic heterocycles. The Hall–Kier alpha value is -1.74. The molecule has 0 spiro atoms. The molecule has 0 radical (unpaired) electrons. The molecule has 0 saturated carbocycles. The Morgan fingerprint density at radius 1 is 1.38 bits per heavy atom. The molecule has 21 heavy (non-hydrogen) atoms. The van der Waals surface area contributed by atoms with Crippen LogP contribution in [0.25, 0.3) is 10.7 Å². The molecule has 0 saturated heterocycles. The minimum atomic E-state index is -0.164. The predicted octanol–water partition coefficient (Wildman–Crippen LogP) is 2.83. The summed E-state index contributed by atoms with van der Waals surface area (Å²) in [6.45, 7) is 6.15. The maximum Gasteiger partial charge on any atom is 0.237 e. The van der Waals surface area contributed by atoms with Gasteiger partial charge in [-0.2, -0.15) is 4.98 Å². The van der Waals surface area contributed by atoms with Crippen LogP contribution < -0.4 is 0 Å². The van der Waals surface area contributed by atoms with Crippen LogP contribution in [0.15, 0.2) is 27.2 Å². The zero-order valence-electron chi connectivity index (χ0n) is 11.8. The highest BCUT2D eigenvalue weighted by Crippen LogP contribution is 2.26. The van der Waals surface area contributed by atoms with Crippen molar-refractivity contribution >= 4 is 23.1 Å². The van der Waals surface area contributed by atoms with E-state index in [0.29, 0.717) is 17.5 Å². The van der Waals surface area contributed by atoms with Gasteiger partial charge in [-0.3, -0.25) is 0 Å². The van der Waals surface area contributed by atoms with E-state index in [1.54, 1.807) is 16.0 Å². The Morgan fingerprint density at radius 3 is 2.95 bits per heavy atom. The van der Waals surface area contributed by atoms with E-state index in [0.717, 1.165) is 10.0 Å². The summed E-state index contributed by atoms with van der Waals surface area (Å²) in [6, 6.07) is 3.93. The minimum Gasteiger partial charge on any atom is -0.338 e. The van der Waals surface area contributed by atoms with E-state index in [2.05, 4.69) is 46.4 Å². The number of hydrogen-bond acceptors (Lipinski definition) is 8. The normalized spacial score (nSPS) is 12.0. The van der Waals surface area contributed by atoms with Gasteiger partial charge in [-0.05, 0) is 42.6 Å². The molecule has 0 aliphatic carbocycles. The second-order valence-corrected chi connectivity index (χ2v) is 7.21. The third-order valence-corrected chi connectivity index (χ3v) is 4.38. The van der Waals surface area contributed by atoms with Crippen molar-refractivity contribution in [3.05, 3.63) is 23.4 Å². The Labute approximate surface area is 129 Å². The predicted molar refractivity (Wildman–Crippen MR) is 80.0 cm³/mol. The maximum atomic E-state index is 5.26. The summed E-state index contributed by atoms with van der Waals surface area (Å²) in [5.74, 6) is 1.72. The molecule has 0 atom stereocenters. The van der Waals surface area contributed by atoms with Crippen molar-refractivity contribution < 1.29 is 4.52 Å². The summed E-state index contributed by atoms with van der Waals surface area (Å²) in [4.78, 5) is 5.37. The summed E-state index contributed by atoms with van der Waals surface area (Å²) in [6.07, 6.45) is 0. The van der Waals surface area contributed by atoms with Gasteiger partial charge in [-0.1, -0.05) is 23.0 Å². The highest BCUT2D eigenvalue weighted by Gasteiger charge is 2.20. The smallest absolute Gasteiger partial charge is 0.237 e. The number of thioether (sulfide) groups is 1. The number of aromatic nitrogens is 6. The molecule has 0 bridgehead atoms.